The number of rotatable bonds is 4. The summed E-state index contributed by atoms with van der Waals surface area (Å²) in [5, 5.41) is 10.2. The first-order chi connectivity index (χ1) is 7.10. The van der Waals surface area contributed by atoms with Crippen LogP contribution in [0.2, 0.25) is 0 Å². The van der Waals surface area contributed by atoms with E-state index in [-0.39, 0.29) is 4.75 Å². The van der Waals surface area contributed by atoms with Gasteiger partial charge in [-0.2, -0.15) is 0 Å². The minimum atomic E-state index is -0.770. The predicted octanol–water partition coefficient (Wildman–Crippen LogP) is 3.25. The molecule has 1 saturated carbocycles. The van der Waals surface area contributed by atoms with Crippen molar-refractivity contribution in [3.05, 3.63) is 43.0 Å². The van der Waals surface area contributed by atoms with E-state index in [1.165, 1.54) is 4.90 Å². The van der Waals surface area contributed by atoms with Gasteiger partial charge in [0.05, 0.1) is 10.3 Å². The molecule has 0 bridgehead atoms. The van der Waals surface area contributed by atoms with Gasteiger partial charge in [0.15, 0.2) is 0 Å². The zero-order valence-electron chi connectivity index (χ0n) is 8.94. The van der Waals surface area contributed by atoms with Gasteiger partial charge in [0.25, 0.3) is 0 Å². The van der Waals surface area contributed by atoms with Crippen LogP contribution in [0.3, 0.4) is 0 Å². The number of thioether (sulfide) groups is 1. The molecule has 0 amide bonds. The number of benzene rings is 1. The van der Waals surface area contributed by atoms with Crippen molar-refractivity contribution in [1.29, 1.82) is 0 Å². The summed E-state index contributed by atoms with van der Waals surface area (Å²) in [5.74, 6) is 0. The van der Waals surface area contributed by atoms with Crippen molar-refractivity contribution in [1.82, 2.24) is 0 Å². The van der Waals surface area contributed by atoms with E-state index < -0.39 is 5.60 Å². The molecule has 80 valence electrons. The van der Waals surface area contributed by atoms with Gasteiger partial charge in [0.1, 0.15) is 0 Å². The SMILES string of the molecule is C=CC(C)(O)C1(Sc2ccccc2)CC1. The molecule has 2 rings (SSSR count). The van der Waals surface area contributed by atoms with Gasteiger partial charge < -0.3 is 5.11 Å². The second-order valence-corrected chi connectivity index (χ2v) is 5.72. The molecular weight excluding hydrogens is 204 g/mol. The Morgan fingerprint density at radius 1 is 1.40 bits per heavy atom. The monoisotopic (exact) mass is 220 g/mol. The van der Waals surface area contributed by atoms with Gasteiger partial charge in [-0.1, -0.05) is 24.3 Å². The van der Waals surface area contributed by atoms with Crippen molar-refractivity contribution >= 4 is 11.8 Å². The summed E-state index contributed by atoms with van der Waals surface area (Å²) in [5.41, 5.74) is -0.770. The lowest BCUT2D eigenvalue weighted by Gasteiger charge is -2.29. The zero-order valence-corrected chi connectivity index (χ0v) is 9.76. The maximum absolute atomic E-state index is 10.2. The van der Waals surface area contributed by atoms with Crippen LogP contribution in [0.1, 0.15) is 19.8 Å². The molecule has 1 fully saturated rings. The predicted molar refractivity (Wildman–Crippen MR) is 65.1 cm³/mol. The van der Waals surface area contributed by atoms with E-state index in [0.717, 1.165) is 12.8 Å². The second kappa shape index (κ2) is 3.69. The zero-order chi connectivity index (χ0) is 10.9. The molecule has 0 aromatic heterocycles. The fourth-order valence-corrected chi connectivity index (χ4v) is 3.07. The molecule has 0 heterocycles. The van der Waals surface area contributed by atoms with Crippen LogP contribution in [0.25, 0.3) is 0 Å². The lowest BCUT2D eigenvalue weighted by atomic mass is 10.0. The minimum Gasteiger partial charge on any atom is -0.385 e. The van der Waals surface area contributed by atoms with Crippen molar-refractivity contribution in [2.45, 2.75) is 35.0 Å². The highest BCUT2D eigenvalue weighted by atomic mass is 32.2. The van der Waals surface area contributed by atoms with Crippen LogP contribution in [0.15, 0.2) is 47.9 Å². The van der Waals surface area contributed by atoms with E-state index in [1.807, 2.05) is 25.1 Å². The van der Waals surface area contributed by atoms with Gasteiger partial charge >= 0.3 is 0 Å². The van der Waals surface area contributed by atoms with Gasteiger partial charge in [-0.3, -0.25) is 0 Å². The molecule has 1 nitrogen and oxygen atoms in total. The molecule has 1 aromatic rings. The Hall–Kier alpha value is -0.730. The van der Waals surface area contributed by atoms with Crippen LogP contribution >= 0.6 is 11.8 Å². The van der Waals surface area contributed by atoms with Gasteiger partial charge in [0, 0.05) is 4.90 Å². The lowest BCUT2D eigenvalue weighted by Crippen LogP contribution is -2.36. The second-order valence-electron chi connectivity index (χ2n) is 4.26. The molecule has 15 heavy (non-hydrogen) atoms. The van der Waals surface area contributed by atoms with Crippen molar-refractivity contribution in [3.63, 3.8) is 0 Å². The summed E-state index contributed by atoms with van der Waals surface area (Å²) < 4.78 is -0.0455. The Kier molecular flexibility index (Phi) is 2.65. The fraction of sp³-hybridized carbons (Fsp3) is 0.385. The molecule has 2 heteroatoms. The molecule has 1 aliphatic rings. The fourth-order valence-electron chi connectivity index (χ4n) is 1.73. The van der Waals surface area contributed by atoms with Crippen molar-refractivity contribution in [3.8, 4) is 0 Å². The average molecular weight is 220 g/mol. The largest absolute Gasteiger partial charge is 0.385 e. The van der Waals surface area contributed by atoms with Crippen molar-refractivity contribution < 1.29 is 5.11 Å². The highest BCUT2D eigenvalue weighted by Crippen LogP contribution is 2.58. The third kappa shape index (κ3) is 1.97. The van der Waals surface area contributed by atoms with Crippen molar-refractivity contribution in [2.75, 3.05) is 0 Å². The van der Waals surface area contributed by atoms with Crippen LogP contribution in [0, 0.1) is 0 Å². The summed E-state index contributed by atoms with van der Waals surface area (Å²) in [6.45, 7) is 5.57. The van der Waals surface area contributed by atoms with E-state index in [4.69, 9.17) is 0 Å². The molecule has 0 saturated heterocycles. The van der Waals surface area contributed by atoms with Crippen LogP contribution in [-0.4, -0.2) is 15.5 Å². The van der Waals surface area contributed by atoms with Crippen LogP contribution in [-0.2, 0) is 0 Å². The molecule has 1 atom stereocenters. The van der Waals surface area contributed by atoms with E-state index >= 15 is 0 Å². The van der Waals surface area contributed by atoms with Gasteiger partial charge in [-0.15, -0.1) is 18.3 Å². The van der Waals surface area contributed by atoms with Gasteiger partial charge in [-0.05, 0) is 31.9 Å². The van der Waals surface area contributed by atoms with E-state index in [0.29, 0.717) is 0 Å². The summed E-state index contributed by atoms with van der Waals surface area (Å²) in [6, 6.07) is 10.2. The summed E-state index contributed by atoms with van der Waals surface area (Å²) in [4.78, 5) is 1.22. The van der Waals surface area contributed by atoms with Crippen molar-refractivity contribution in [2.24, 2.45) is 0 Å². The quantitative estimate of drug-likeness (QED) is 0.786. The van der Waals surface area contributed by atoms with Gasteiger partial charge in [-0.25, -0.2) is 0 Å². The first kappa shape index (κ1) is 10.8. The third-order valence-electron chi connectivity index (χ3n) is 3.08. The molecule has 0 aliphatic heterocycles. The maximum Gasteiger partial charge on any atom is 0.0946 e. The highest BCUT2D eigenvalue weighted by molar-refractivity contribution is 8.01. The average Bonchev–Trinajstić information content (AvgIpc) is 3.01. The highest BCUT2D eigenvalue weighted by Gasteiger charge is 2.55. The lowest BCUT2D eigenvalue weighted by molar-refractivity contribution is 0.101. The Morgan fingerprint density at radius 2 is 2.00 bits per heavy atom. The Balaban J connectivity index is 2.16. The maximum atomic E-state index is 10.2. The minimum absolute atomic E-state index is 0.0455. The molecule has 1 aliphatic carbocycles. The van der Waals surface area contributed by atoms with E-state index in [2.05, 4.69) is 18.7 Å². The molecule has 1 N–H and O–H groups in total. The van der Waals surface area contributed by atoms with Crippen LogP contribution < -0.4 is 0 Å². The molecular formula is C13H16OS. The van der Waals surface area contributed by atoms with E-state index in [9.17, 15) is 5.11 Å². The van der Waals surface area contributed by atoms with E-state index in [1.54, 1.807) is 17.8 Å². The van der Waals surface area contributed by atoms with Gasteiger partial charge in [0.2, 0.25) is 0 Å². The summed E-state index contributed by atoms with van der Waals surface area (Å²) in [7, 11) is 0. The molecule has 1 aromatic carbocycles. The normalized spacial score (nSPS) is 21.7. The number of hydrogen-bond acceptors (Lipinski definition) is 2. The third-order valence-corrected chi connectivity index (χ3v) is 4.80. The Bertz CT molecular complexity index is 352. The summed E-state index contributed by atoms with van der Waals surface area (Å²) >= 11 is 1.77. The van der Waals surface area contributed by atoms with Crippen LogP contribution in [0.5, 0.6) is 0 Å². The smallest absolute Gasteiger partial charge is 0.0946 e. The molecule has 1 unspecified atom stereocenters. The topological polar surface area (TPSA) is 20.2 Å². The Labute approximate surface area is 95.2 Å². The molecule has 0 radical (unpaired) electrons. The number of aliphatic hydroxyl groups is 1. The number of hydrogen-bond donors (Lipinski definition) is 1. The standard InChI is InChI=1S/C13H16OS/c1-3-12(2,14)13(9-10-13)15-11-7-5-4-6-8-11/h3-8,14H,1,9-10H2,2H3. The Morgan fingerprint density at radius 3 is 2.47 bits per heavy atom. The molecule has 0 spiro atoms. The van der Waals surface area contributed by atoms with Crippen LogP contribution in [0.4, 0.5) is 0 Å². The first-order valence-electron chi connectivity index (χ1n) is 5.20. The first-order valence-corrected chi connectivity index (χ1v) is 6.01. The summed E-state index contributed by atoms with van der Waals surface area (Å²) in [6.07, 6.45) is 3.78.